The molecule has 32 heavy (non-hydrogen) atoms. The quantitative estimate of drug-likeness (QED) is 0.648. The number of ether oxygens (including phenoxy) is 1. The Morgan fingerprint density at radius 1 is 1.16 bits per heavy atom. The normalized spacial score (nSPS) is 17.3. The van der Waals surface area contributed by atoms with Crippen LogP contribution in [0.3, 0.4) is 0 Å². The van der Waals surface area contributed by atoms with E-state index in [-0.39, 0.29) is 23.4 Å². The Kier molecular flexibility index (Phi) is 5.86. The second kappa shape index (κ2) is 8.47. The molecule has 4 rings (SSSR count). The molecular formula is C25H31N3O4. The van der Waals surface area contributed by atoms with Crippen molar-refractivity contribution in [3.63, 3.8) is 0 Å². The van der Waals surface area contributed by atoms with Crippen LogP contribution in [0.1, 0.15) is 48.2 Å². The number of rotatable bonds is 6. The monoisotopic (exact) mass is 437 g/mol. The first-order valence-corrected chi connectivity index (χ1v) is 11.0. The van der Waals surface area contributed by atoms with Crippen molar-refractivity contribution in [2.75, 3.05) is 20.2 Å². The molecule has 1 heterocycles. The average Bonchev–Trinajstić information content (AvgIpc) is 2.72. The average molecular weight is 438 g/mol. The molecule has 3 amide bonds. The first-order chi connectivity index (χ1) is 15.2. The molecule has 3 N–H and O–H groups in total. The summed E-state index contributed by atoms with van der Waals surface area (Å²) in [5, 5.41) is 16.1. The van der Waals surface area contributed by atoms with Gasteiger partial charge >= 0.3 is 6.03 Å². The number of carbonyl (C=O) groups is 2. The Morgan fingerprint density at radius 3 is 2.47 bits per heavy atom. The third-order valence-electron chi connectivity index (χ3n) is 6.46. The van der Waals surface area contributed by atoms with Crippen LogP contribution in [-0.4, -0.2) is 48.2 Å². The first kappa shape index (κ1) is 22.1. The molecule has 0 bridgehead atoms. The van der Waals surface area contributed by atoms with Gasteiger partial charge in [0.25, 0.3) is 5.91 Å². The Labute approximate surface area is 188 Å². The lowest BCUT2D eigenvalue weighted by molar-refractivity contribution is -0.0585. The minimum absolute atomic E-state index is 0.00429. The lowest BCUT2D eigenvalue weighted by Crippen LogP contribution is -2.67. The van der Waals surface area contributed by atoms with Crippen molar-refractivity contribution in [3.05, 3.63) is 65.2 Å². The summed E-state index contributed by atoms with van der Waals surface area (Å²) in [6.07, 6.45) is 1.77. The second-order valence-corrected chi connectivity index (χ2v) is 9.58. The number of benzene rings is 2. The molecule has 2 fully saturated rings. The second-order valence-electron chi connectivity index (χ2n) is 9.58. The van der Waals surface area contributed by atoms with Crippen LogP contribution in [0, 0.1) is 5.41 Å². The van der Waals surface area contributed by atoms with Crippen molar-refractivity contribution in [2.45, 2.75) is 44.9 Å². The molecule has 0 atom stereocenters. The zero-order valence-electron chi connectivity index (χ0n) is 18.9. The molecule has 7 nitrogen and oxygen atoms in total. The van der Waals surface area contributed by atoms with Crippen LogP contribution in [0.4, 0.5) is 4.79 Å². The summed E-state index contributed by atoms with van der Waals surface area (Å²) in [6.45, 7) is 5.31. The van der Waals surface area contributed by atoms with E-state index in [0.717, 1.165) is 29.7 Å². The summed E-state index contributed by atoms with van der Waals surface area (Å²) < 4.78 is 5.14. The van der Waals surface area contributed by atoms with Gasteiger partial charge in [0, 0.05) is 36.7 Å². The Hall–Kier alpha value is -3.06. The third-order valence-corrected chi connectivity index (χ3v) is 6.46. The van der Waals surface area contributed by atoms with Gasteiger partial charge in [0.15, 0.2) is 0 Å². The molecule has 0 unspecified atom stereocenters. The zero-order chi connectivity index (χ0) is 22.9. The van der Waals surface area contributed by atoms with Gasteiger partial charge in [-0.2, -0.15) is 0 Å². The molecule has 1 aliphatic heterocycles. The molecule has 170 valence electrons. The molecule has 1 saturated carbocycles. The van der Waals surface area contributed by atoms with E-state index in [1.165, 1.54) is 0 Å². The van der Waals surface area contributed by atoms with E-state index in [1.807, 2.05) is 41.3 Å². The number of aliphatic hydroxyl groups is 1. The number of urea groups is 1. The van der Waals surface area contributed by atoms with Crippen molar-refractivity contribution in [1.29, 1.82) is 0 Å². The predicted molar refractivity (Wildman–Crippen MR) is 121 cm³/mol. The van der Waals surface area contributed by atoms with Gasteiger partial charge in [-0.3, -0.25) is 4.79 Å². The fourth-order valence-electron chi connectivity index (χ4n) is 4.63. The highest BCUT2D eigenvalue weighted by atomic mass is 16.5. The molecule has 0 aromatic heterocycles. The lowest BCUT2D eigenvalue weighted by Gasteiger charge is -2.59. The third kappa shape index (κ3) is 4.72. The summed E-state index contributed by atoms with van der Waals surface area (Å²) in [5.74, 6) is 0.784. The highest BCUT2D eigenvalue weighted by Crippen LogP contribution is 2.48. The molecule has 1 saturated heterocycles. The number of amides is 3. The molecule has 7 heteroatoms. The summed E-state index contributed by atoms with van der Waals surface area (Å²) in [7, 11) is 1.62. The standard InChI is InChI=1S/C25H31N3O4/c1-24(2,31)19-6-4-5-18(11-19)22(29)28-15-25(16-28)12-20(13-25)27-23(30)26-14-17-7-9-21(32-3)10-8-17/h4-11,20,31H,12-16H2,1-3H3,(H2,26,27,30). The van der Waals surface area contributed by atoms with E-state index in [0.29, 0.717) is 25.2 Å². The van der Waals surface area contributed by atoms with E-state index >= 15 is 0 Å². The Balaban J connectivity index is 1.20. The SMILES string of the molecule is COc1ccc(CNC(=O)NC2CC3(C2)CN(C(=O)c2cccc(C(C)(C)O)c2)C3)cc1. The molecule has 0 radical (unpaired) electrons. The number of hydrogen-bond acceptors (Lipinski definition) is 4. The van der Waals surface area contributed by atoms with Crippen LogP contribution < -0.4 is 15.4 Å². The predicted octanol–water partition coefficient (Wildman–Crippen LogP) is 3.03. The van der Waals surface area contributed by atoms with Crippen LogP contribution in [-0.2, 0) is 12.1 Å². The molecule has 2 aliphatic rings. The maximum atomic E-state index is 12.8. The van der Waals surface area contributed by atoms with Crippen molar-refractivity contribution >= 4 is 11.9 Å². The largest absolute Gasteiger partial charge is 0.497 e. The van der Waals surface area contributed by atoms with Gasteiger partial charge in [-0.15, -0.1) is 0 Å². The van der Waals surface area contributed by atoms with Gasteiger partial charge in [-0.25, -0.2) is 4.79 Å². The van der Waals surface area contributed by atoms with Gasteiger partial charge in [-0.05, 0) is 62.1 Å². The molecule has 2 aromatic rings. The summed E-state index contributed by atoms with van der Waals surface area (Å²) >= 11 is 0. The number of nitrogens with one attached hydrogen (secondary N) is 2. The van der Waals surface area contributed by atoms with Crippen molar-refractivity contribution in [1.82, 2.24) is 15.5 Å². The van der Waals surface area contributed by atoms with Gasteiger partial charge in [0.1, 0.15) is 5.75 Å². The van der Waals surface area contributed by atoms with Crippen LogP contribution in [0.25, 0.3) is 0 Å². The van der Waals surface area contributed by atoms with Gasteiger partial charge in [0.05, 0.1) is 12.7 Å². The maximum Gasteiger partial charge on any atom is 0.315 e. The van der Waals surface area contributed by atoms with Gasteiger partial charge in [-0.1, -0.05) is 24.3 Å². The minimum atomic E-state index is -0.979. The lowest BCUT2D eigenvalue weighted by atomic mass is 9.60. The molecular weight excluding hydrogens is 406 g/mol. The van der Waals surface area contributed by atoms with Crippen LogP contribution in [0.15, 0.2) is 48.5 Å². The van der Waals surface area contributed by atoms with E-state index < -0.39 is 5.60 Å². The van der Waals surface area contributed by atoms with E-state index in [4.69, 9.17) is 4.74 Å². The highest BCUT2D eigenvalue weighted by Gasteiger charge is 2.54. The fourth-order valence-corrected chi connectivity index (χ4v) is 4.63. The molecule has 1 aliphatic carbocycles. The van der Waals surface area contributed by atoms with E-state index in [2.05, 4.69) is 10.6 Å². The Morgan fingerprint density at radius 2 is 1.84 bits per heavy atom. The number of likely N-dealkylation sites (tertiary alicyclic amines) is 1. The fraction of sp³-hybridized carbons (Fsp3) is 0.440. The summed E-state index contributed by atoms with van der Waals surface area (Å²) in [6, 6.07) is 14.8. The van der Waals surface area contributed by atoms with E-state index in [9.17, 15) is 14.7 Å². The van der Waals surface area contributed by atoms with Crippen molar-refractivity contribution < 1.29 is 19.4 Å². The minimum Gasteiger partial charge on any atom is -0.497 e. The summed E-state index contributed by atoms with van der Waals surface area (Å²) in [5.41, 5.74) is 1.48. The van der Waals surface area contributed by atoms with Crippen LogP contribution >= 0.6 is 0 Å². The first-order valence-electron chi connectivity index (χ1n) is 11.0. The highest BCUT2D eigenvalue weighted by molar-refractivity contribution is 5.95. The van der Waals surface area contributed by atoms with Gasteiger partial charge < -0.3 is 25.4 Å². The number of hydrogen-bond donors (Lipinski definition) is 3. The smallest absolute Gasteiger partial charge is 0.315 e. The maximum absolute atomic E-state index is 12.8. The number of nitrogens with zero attached hydrogens (tertiary/aromatic N) is 1. The van der Waals surface area contributed by atoms with Crippen molar-refractivity contribution in [3.8, 4) is 5.75 Å². The summed E-state index contributed by atoms with van der Waals surface area (Å²) in [4.78, 5) is 26.9. The van der Waals surface area contributed by atoms with Gasteiger partial charge in [0.2, 0.25) is 0 Å². The van der Waals surface area contributed by atoms with Crippen LogP contribution in [0.5, 0.6) is 5.75 Å². The zero-order valence-corrected chi connectivity index (χ0v) is 18.9. The van der Waals surface area contributed by atoms with Crippen molar-refractivity contribution in [2.24, 2.45) is 5.41 Å². The van der Waals surface area contributed by atoms with E-state index in [1.54, 1.807) is 33.1 Å². The number of carbonyl (C=O) groups excluding carboxylic acids is 2. The number of methoxy groups -OCH3 is 1. The van der Waals surface area contributed by atoms with Crippen LogP contribution in [0.2, 0.25) is 0 Å². The molecule has 2 aromatic carbocycles. The Bertz CT molecular complexity index is 983. The topological polar surface area (TPSA) is 90.9 Å². The molecule has 1 spiro atoms.